The second-order valence-electron chi connectivity index (χ2n) is 6.75. The van der Waals surface area contributed by atoms with Crippen LogP contribution in [0.25, 0.3) is 10.9 Å². The number of para-hydroxylation sites is 1. The van der Waals surface area contributed by atoms with Crippen LogP contribution in [0.4, 0.5) is 17.1 Å². The topological polar surface area (TPSA) is 85.4 Å². The third kappa shape index (κ3) is 3.60. The molecule has 1 aliphatic heterocycles. The minimum Gasteiger partial charge on any atom is -0.486 e. The molecule has 30 heavy (non-hydrogen) atoms. The molecule has 0 fully saturated rings. The SMILES string of the molecule is O=C(Nc1ccc2c(c1)OCCO2)c1cc(Nc2cccc3cccnc23)ccn1. The predicted molar refractivity (Wildman–Crippen MR) is 115 cm³/mol. The highest BCUT2D eigenvalue weighted by atomic mass is 16.6. The number of ether oxygens (including phenoxy) is 2. The molecule has 1 aliphatic rings. The van der Waals surface area contributed by atoms with Crippen molar-refractivity contribution in [1.29, 1.82) is 0 Å². The molecule has 7 heteroatoms. The quantitative estimate of drug-likeness (QED) is 0.530. The summed E-state index contributed by atoms with van der Waals surface area (Å²) in [5.74, 6) is 0.976. The summed E-state index contributed by atoms with van der Waals surface area (Å²) in [5.41, 5.74) is 3.37. The van der Waals surface area contributed by atoms with E-state index in [9.17, 15) is 4.79 Å². The average Bonchev–Trinajstić information content (AvgIpc) is 2.79. The number of rotatable bonds is 4. The fraction of sp³-hybridized carbons (Fsp3) is 0.0870. The molecule has 0 unspecified atom stereocenters. The number of hydrogen-bond acceptors (Lipinski definition) is 6. The minimum atomic E-state index is -0.314. The summed E-state index contributed by atoms with van der Waals surface area (Å²) in [6, 6.07) is 18.6. The molecule has 2 aromatic carbocycles. The maximum atomic E-state index is 12.7. The van der Waals surface area contributed by atoms with Gasteiger partial charge in [-0.1, -0.05) is 18.2 Å². The van der Waals surface area contributed by atoms with Gasteiger partial charge in [0.05, 0.1) is 11.2 Å². The zero-order valence-electron chi connectivity index (χ0n) is 16.0. The lowest BCUT2D eigenvalue weighted by atomic mass is 10.2. The van der Waals surface area contributed by atoms with E-state index in [0.29, 0.717) is 36.1 Å². The first-order valence-corrected chi connectivity index (χ1v) is 9.54. The molecule has 2 N–H and O–H groups in total. The van der Waals surface area contributed by atoms with Crippen molar-refractivity contribution in [3.63, 3.8) is 0 Å². The highest BCUT2D eigenvalue weighted by molar-refractivity contribution is 6.03. The largest absolute Gasteiger partial charge is 0.486 e. The monoisotopic (exact) mass is 398 g/mol. The first-order chi connectivity index (χ1) is 14.8. The fourth-order valence-electron chi connectivity index (χ4n) is 3.31. The number of nitrogens with one attached hydrogen (secondary N) is 2. The predicted octanol–water partition coefficient (Wildman–Crippen LogP) is 4.40. The van der Waals surface area contributed by atoms with Gasteiger partial charge in [-0.25, -0.2) is 0 Å². The smallest absolute Gasteiger partial charge is 0.274 e. The summed E-state index contributed by atoms with van der Waals surface area (Å²) >= 11 is 0. The Bertz CT molecular complexity index is 1240. The van der Waals surface area contributed by atoms with Crippen molar-refractivity contribution in [3.05, 3.63) is 78.8 Å². The molecule has 0 atom stereocenters. The molecule has 0 radical (unpaired) electrons. The van der Waals surface area contributed by atoms with Gasteiger partial charge in [-0.2, -0.15) is 0 Å². The van der Waals surface area contributed by atoms with Gasteiger partial charge in [-0.15, -0.1) is 0 Å². The van der Waals surface area contributed by atoms with Crippen LogP contribution in [-0.2, 0) is 0 Å². The minimum absolute atomic E-state index is 0.295. The van der Waals surface area contributed by atoms with Crippen molar-refractivity contribution in [1.82, 2.24) is 9.97 Å². The molecule has 5 rings (SSSR count). The molecular weight excluding hydrogens is 380 g/mol. The summed E-state index contributed by atoms with van der Waals surface area (Å²) in [5, 5.41) is 7.22. The third-order valence-electron chi connectivity index (χ3n) is 4.70. The first-order valence-electron chi connectivity index (χ1n) is 9.54. The fourth-order valence-corrected chi connectivity index (χ4v) is 3.31. The van der Waals surface area contributed by atoms with Crippen LogP contribution in [-0.4, -0.2) is 29.1 Å². The molecule has 0 saturated carbocycles. The van der Waals surface area contributed by atoms with Crippen molar-refractivity contribution >= 4 is 33.9 Å². The van der Waals surface area contributed by atoms with E-state index < -0.39 is 0 Å². The Balaban J connectivity index is 1.36. The van der Waals surface area contributed by atoms with Gasteiger partial charge in [0.25, 0.3) is 5.91 Å². The van der Waals surface area contributed by atoms with Crippen LogP contribution in [0.1, 0.15) is 10.5 Å². The van der Waals surface area contributed by atoms with E-state index in [4.69, 9.17) is 9.47 Å². The molecule has 7 nitrogen and oxygen atoms in total. The molecule has 3 heterocycles. The average molecular weight is 398 g/mol. The second kappa shape index (κ2) is 7.71. The van der Waals surface area contributed by atoms with Gasteiger partial charge < -0.3 is 20.1 Å². The Morgan fingerprint density at radius 3 is 2.63 bits per heavy atom. The van der Waals surface area contributed by atoms with Gasteiger partial charge >= 0.3 is 0 Å². The summed E-state index contributed by atoms with van der Waals surface area (Å²) < 4.78 is 11.1. The van der Waals surface area contributed by atoms with Crippen molar-refractivity contribution < 1.29 is 14.3 Å². The lowest BCUT2D eigenvalue weighted by Gasteiger charge is -2.19. The van der Waals surface area contributed by atoms with Gasteiger partial charge in [0.2, 0.25) is 0 Å². The van der Waals surface area contributed by atoms with Crippen molar-refractivity contribution in [3.8, 4) is 11.5 Å². The summed E-state index contributed by atoms with van der Waals surface area (Å²) in [7, 11) is 0. The third-order valence-corrected chi connectivity index (χ3v) is 4.70. The lowest BCUT2D eigenvalue weighted by Crippen LogP contribution is -2.17. The van der Waals surface area contributed by atoms with E-state index in [1.165, 1.54) is 0 Å². The molecule has 1 amide bonds. The lowest BCUT2D eigenvalue weighted by molar-refractivity contribution is 0.102. The Labute approximate surface area is 172 Å². The molecular formula is C23H18N4O3. The second-order valence-corrected chi connectivity index (χ2v) is 6.75. The van der Waals surface area contributed by atoms with E-state index >= 15 is 0 Å². The first kappa shape index (κ1) is 17.9. The maximum absolute atomic E-state index is 12.7. The van der Waals surface area contributed by atoms with Gasteiger partial charge in [0, 0.05) is 35.2 Å². The highest BCUT2D eigenvalue weighted by Gasteiger charge is 2.14. The normalized spacial score (nSPS) is 12.4. The zero-order valence-corrected chi connectivity index (χ0v) is 16.0. The summed E-state index contributed by atoms with van der Waals surface area (Å²) in [6.07, 6.45) is 3.35. The summed E-state index contributed by atoms with van der Waals surface area (Å²) in [6.45, 7) is 1.01. The highest BCUT2D eigenvalue weighted by Crippen LogP contribution is 2.32. The number of anilines is 3. The van der Waals surface area contributed by atoms with Crippen LogP contribution in [0.15, 0.2) is 73.1 Å². The van der Waals surface area contributed by atoms with Crippen LogP contribution in [0, 0.1) is 0 Å². The number of carbonyl (C=O) groups is 1. The van der Waals surface area contributed by atoms with Crippen molar-refractivity contribution in [2.45, 2.75) is 0 Å². The van der Waals surface area contributed by atoms with E-state index in [0.717, 1.165) is 22.3 Å². The number of pyridine rings is 2. The van der Waals surface area contributed by atoms with Crippen molar-refractivity contribution in [2.75, 3.05) is 23.8 Å². The number of hydrogen-bond donors (Lipinski definition) is 2. The number of nitrogens with zero attached hydrogens (tertiary/aromatic N) is 2. The van der Waals surface area contributed by atoms with Gasteiger partial charge in [0.15, 0.2) is 11.5 Å². The van der Waals surface area contributed by atoms with Crippen LogP contribution >= 0.6 is 0 Å². The molecule has 0 saturated heterocycles. The van der Waals surface area contributed by atoms with Crippen molar-refractivity contribution in [2.24, 2.45) is 0 Å². The molecule has 0 bridgehead atoms. The zero-order chi connectivity index (χ0) is 20.3. The van der Waals surface area contributed by atoms with Gasteiger partial charge in [-0.3, -0.25) is 14.8 Å². The van der Waals surface area contributed by atoms with E-state index in [1.54, 1.807) is 36.7 Å². The molecule has 2 aromatic heterocycles. The molecule has 148 valence electrons. The maximum Gasteiger partial charge on any atom is 0.274 e. The number of fused-ring (bicyclic) bond motifs is 2. The number of benzene rings is 2. The Morgan fingerprint density at radius 2 is 1.70 bits per heavy atom. The number of aromatic nitrogens is 2. The van der Waals surface area contributed by atoms with E-state index in [1.807, 2.05) is 36.4 Å². The van der Waals surface area contributed by atoms with E-state index in [-0.39, 0.29) is 5.91 Å². The molecule has 0 aliphatic carbocycles. The number of carbonyl (C=O) groups excluding carboxylic acids is 1. The van der Waals surface area contributed by atoms with Crippen LogP contribution in [0.5, 0.6) is 11.5 Å². The van der Waals surface area contributed by atoms with Gasteiger partial charge in [0.1, 0.15) is 18.9 Å². The molecule has 4 aromatic rings. The Kier molecular flexibility index (Phi) is 4.61. The number of amides is 1. The standard InChI is InChI=1S/C23H18N4O3/c28-23(27-16-6-7-20-21(14-16)30-12-11-29-20)19-13-17(8-10-24-19)26-18-5-1-3-15-4-2-9-25-22(15)18/h1-10,13-14H,11-12H2,(H,24,26)(H,27,28). The molecule has 0 spiro atoms. The van der Waals surface area contributed by atoms with E-state index in [2.05, 4.69) is 20.6 Å². The van der Waals surface area contributed by atoms with Crippen LogP contribution < -0.4 is 20.1 Å². The Hall–Kier alpha value is -4.13. The van der Waals surface area contributed by atoms with Gasteiger partial charge in [-0.05, 0) is 36.4 Å². The summed E-state index contributed by atoms with van der Waals surface area (Å²) in [4.78, 5) is 21.4. The van der Waals surface area contributed by atoms with Crippen LogP contribution in [0.3, 0.4) is 0 Å². The van der Waals surface area contributed by atoms with Crippen LogP contribution in [0.2, 0.25) is 0 Å². The Morgan fingerprint density at radius 1 is 0.833 bits per heavy atom.